The predicted octanol–water partition coefficient (Wildman–Crippen LogP) is 2.48. The molecule has 15 heavy (non-hydrogen) atoms. The predicted molar refractivity (Wildman–Crippen MR) is 66.9 cm³/mol. The van der Waals surface area contributed by atoms with Crippen LogP contribution in [0.1, 0.15) is 46.5 Å². The zero-order valence-corrected chi connectivity index (χ0v) is 10.8. The molecule has 0 aromatic heterocycles. The maximum atomic E-state index is 5.91. The van der Waals surface area contributed by atoms with Gasteiger partial charge in [-0.15, -0.1) is 0 Å². The van der Waals surface area contributed by atoms with E-state index in [0.29, 0.717) is 5.41 Å². The van der Waals surface area contributed by atoms with E-state index in [4.69, 9.17) is 5.73 Å². The van der Waals surface area contributed by atoms with Crippen molar-refractivity contribution in [3.05, 3.63) is 0 Å². The third-order valence-electron chi connectivity index (χ3n) is 3.90. The maximum absolute atomic E-state index is 5.91. The van der Waals surface area contributed by atoms with Gasteiger partial charge in [0.1, 0.15) is 0 Å². The lowest BCUT2D eigenvalue weighted by Crippen LogP contribution is -2.39. The van der Waals surface area contributed by atoms with E-state index in [0.717, 1.165) is 12.5 Å². The molecule has 0 spiro atoms. The molecule has 2 nitrogen and oxygen atoms in total. The summed E-state index contributed by atoms with van der Waals surface area (Å²) in [6.07, 6.45) is 5.24. The van der Waals surface area contributed by atoms with E-state index in [1.165, 1.54) is 45.3 Å². The summed E-state index contributed by atoms with van der Waals surface area (Å²) in [5.41, 5.74) is 6.26. The Morgan fingerprint density at radius 1 is 1.40 bits per heavy atom. The minimum atomic E-state index is 0.345. The highest BCUT2D eigenvalue weighted by molar-refractivity contribution is 4.83. The number of hydrogen-bond donors (Lipinski definition) is 1. The van der Waals surface area contributed by atoms with Crippen molar-refractivity contribution in [2.24, 2.45) is 17.1 Å². The van der Waals surface area contributed by atoms with Gasteiger partial charge in [-0.05, 0) is 37.3 Å². The Hall–Kier alpha value is -0.0800. The minimum absolute atomic E-state index is 0.345. The number of nitrogens with two attached hydrogens (primary N) is 1. The van der Waals surface area contributed by atoms with Crippen LogP contribution in [-0.2, 0) is 0 Å². The summed E-state index contributed by atoms with van der Waals surface area (Å²) >= 11 is 0. The number of nitrogens with zero attached hydrogens (tertiary/aromatic N) is 1. The molecule has 2 N–H and O–H groups in total. The lowest BCUT2D eigenvalue weighted by Gasteiger charge is -2.32. The van der Waals surface area contributed by atoms with Gasteiger partial charge in [-0.1, -0.05) is 33.6 Å². The van der Waals surface area contributed by atoms with Crippen LogP contribution in [0.4, 0.5) is 0 Å². The molecule has 0 amide bonds. The molecule has 1 saturated heterocycles. The molecule has 2 heteroatoms. The van der Waals surface area contributed by atoms with Gasteiger partial charge >= 0.3 is 0 Å². The van der Waals surface area contributed by atoms with Crippen LogP contribution < -0.4 is 5.73 Å². The molecule has 2 unspecified atom stereocenters. The quantitative estimate of drug-likeness (QED) is 0.733. The van der Waals surface area contributed by atoms with Crippen LogP contribution >= 0.6 is 0 Å². The highest BCUT2D eigenvalue weighted by atomic mass is 15.2. The Morgan fingerprint density at radius 2 is 2.13 bits per heavy atom. The molecule has 1 rings (SSSR count). The van der Waals surface area contributed by atoms with Crippen LogP contribution in [-0.4, -0.2) is 31.1 Å². The molecule has 0 aromatic rings. The zero-order chi connectivity index (χ0) is 11.3. The highest BCUT2D eigenvalue weighted by Gasteiger charge is 2.28. The molecule has 0 radical (unpaired) electrons. The Balaban J connectivity index is 2.39. The normalized spacial score (nSPS) is 26.8. The van der Waals surface area contributed by atoms with Crippen LogP contribution in [0.2, 0.25) is 0 Å². The maximum Gasteiger partial charge on any atom is 0.00475 e. The van der Waals surface area contributed by atoms with Crippen LogP contribution in [0.25, 0.3) is 0 Å². The van der Waals surface area contributed by atoms with E-state index < -0.39 is 0 Å². The van der Waals surface area contributed by atoms with Crippen LogP contribution in [0.5, 0.6) is 0 Å². The lowest BCUT2D eigenvalue weighted by molar-refractivity contribution is 0.179. The van der Waals surface area contributed by atoms with Crippen molar-refractivity contribution < 1.29 is 0 Å². The van der Waals surface area contributed by atoms with Gasteiger partial charge < -0.3 is 10.6 Å². The summed E-state index contributed by atoms with van der Waals surface area (Å²) in [5, 5.41) is 0. The van der Waals surface area contributed by atoms with Gasteiger partial charge in [0.05, 0.1) is 0 Å². The van der Waals surface area contributed by atoms with Gasteiger partial charge in [-0.2, -0.15) is 0 Å². The Labute approximate surface area is 95.2 Å². The van der Waals surface area contributed by atoms with Crippen molar-refractivity contribution in [3.63, 3.8) is 0 Å². The first-order valence-corrected chi connectivity index (χ1v) is 6.56. The standard InChI is InChI=1S/C13H28N2/c1-4-7-13(3,10-14)11-15-8-6-12(5-2)9-15/h12H,4-11,14H2,1-3H3. The Kier molecular flexibility index (Phi) is 5.07. The molecule has 0 aromatic carbocycles. The van der Waals surface area contributed by atoms with Gasteiger partial charge in [0.15, 0.2) is 0 Å². The Bertz CT molecular complexity index is 181. The lowest BCUT2D eigenvalue weighted by atomic mass is 9.85. The van der Waals surface area contributed by atoms with E-state index in [2.05, 4.69) is 25.7 Å². The topological polar surface area (TPSA) is 29.3 Å². The first kappa shape index (κ1) is 13.0. The monoisotopic (exact) mass is 212 g/mol. The largest absolute Gasteiger partial charge is 0.330 e. The van der Waals surface area contributed by atoms with Gasteiger partial charge in [-0.3, -0.25) is 0 Å². The summed E-state index contributed by atoms with van der Waals surface area (Å²) in [6, 6.07) is 0. The van der Waals surface area contributed by atoms with Crippen molar-refractivity contribution in [1.29, 1.82) is 0 Å². The summed E-state index contributed by atoms with van der Waals surface area (Å²) in [5.74, 6) is 0.939. The second-order valence-corrected chi connectivity index (χ2v) is 5.56. The summed E-state index contributed by atoms with van der Waals surface area (Å²) in [6.45, 7) is 11.5. The third kappa shape index (κ3) is 3.76. The summed E-state index contributed by atoms with van der Waals surface area (Å²) < 4.78 is 0. The van der Waals surface area contributed by atoms with Crippen molar-refractivity contribution in [3.8, 4) is 0 Å². The van der Waals surface area contributed by atoms with E-state index >= 15 is 0 Å². The summed E-state index contributed by atoms with van der Waals surface area (Å²) in [7, 11) is 0. The zero-order valence-electron chi connectivity index (χ0n) is 10.8. The van der Waals surface area contributed by atoms with Crippen LogP contribution in [0.15, 0.2) is 0 Å². The fourth-order valence-electron chi connectivity index (χ4n) is 2.78. The first-order valence-electron chi connectivity index (χ1n) is 6.56. The van der Waals surface area contributed by atoms with Gasteiger partial charge in [0.25, 0.3) is 0 Å². The second-order valence-electron chi connectivity index (χ2n) is 5.56. The first-order chi connectivity index (χ1) is 7.13. The van der Waals surface area contributed by atoms with Crippen molar-refractivity contribution in [2.75, 3.05) is 26.2 Å². The van der Waals surface area contributed by atoms with E-state index in [9.17, 15) is 0 Å². The van der Waals surface area contributed by atoms with E-state index in [1.54, 1.807) is 0 Å². The van der Waals surface area contributed by atoms with Gasteiger partial charge in [-0.25, -0.2) is 0 Å². The molecule has 2 atom stereocenters. The van der Waals surface area contributed by atoms with Crippen LogP contribution in [0.3, 0.4) is 0 Å². The average Bonchev–Trinajstić information content (AvgIpc) is 2.66. The molecular weight excluding hydrogens is 184 g/mol. The smallest absolute Gasteiger partial charge is 0.00475 e. The highest BCUT2D eigenvalue weighted by Crippen LogP contribution is 2.27. The van der Waals surface area contributed by atoms with Crippen molar-refractivity contribution in [1.82, 2.24) is 4.90 Å². The number of hydrogen-bond acceptors (Lipinski definition) is 2. The fourth-order valence-corrected chi connectivity index (χ4v) is 2.78. The molecule has 1 aliphatic rings. The van der Waals surface area contributed by atoms with Crippen LogP contribution in [0, 0.1) is 11.3 Å². The van der Waals surface area contributed by atoms with E-state index in [1.807, 2.05) is 0 Å². The molecule has 90 valence electrons. The van der Waals surface area contributed by atoms with Crippen molar-refractivity contribution >= 4 is 0 Å². The minimum Gasteiger partial charge on any atom is -0.330 e. The second kappa shape index (κ2) is 5.86. The van der Waals surface area contributed by atoms with E-state index in [-0.39, 0.29) is 0 Å². The molecule has 0 bridgehead atoms. The number of rotatable bonds is 6. The van der Waals surface area contributed by atoms with Crippen molar-refractivity contribution in [2.45, 2.75) is 46.5 Å². The average molecular weight is 212 g/mol. The SMILES string of the molecule is CCCC(C)(CN)CN1CCC(CC)C1. The molecule has 1 aliphatic heterocycles. The fraction of sp³-hybridized carbons (Fsp3) is 1.00. The summed E-state index contributed by atoms with van der Waals surface area (Å²) in [4.78, 5) is 2.62. The molecule has 1 fully saturated rings. The molecule has 0 saturated carbocycles. The van der Waals surface area contributed by atoms with Gasteiger partial charge in [0.2, 0.25) is 0 Å². The number of likely N-dealkylation sites (tertiary alicyclic amines) is 1. The molecular formula is C13H28N2. The Morgan fingerprint density at radius 3 is 2.60 bits per heavy atom. The molecule has 1 heterocycles. The molecule has 0 aliphatic carbocycles. The third-order valence-corrected chi connectivity index (χ3v) is 3.90. The van der Waals surface area contributed by atoms with Gasteiger partial charge in [0, 0.05) is 13.1 Å².